The first-order valence-electron chi connectivity index (χ1n) is 10.5. The second-order valence-corrected chi connectivity index (χ2v) is 7.35. The summed E-state index contributed by atoms with van der Waals surface area (Å²) in [5.74, 6) is 0.564. The van der Waals surface area contributed by atoms with Gasteiger partial charge in [0.05, 0.1) is 13.4 Å². The van der Waals surface area contributed by atoms with Crippen LogP contribution in [0.15, 0.2) is 86.6 Å². The van der Waals surface area contributed by atoms with Crippen molar-refractivity contribution >= 4 is 28.7 Å². The molecular weight excluding hydrogens is 452 g/mol. The highest BCUT2D eigenvalue weighted by molar-refractivity contribution is 6.15. The molecule has 2 aromatic carbocycles. The molecule has 0 radical (unpaired) electrons. The lowest BCUT2D eigenvalue weighted by atomic mass is 10.1. The number of nitrogens with zero attached hydrogens (tertiary/aromatic N) is 4. The highest BCUT2D eigenvalue weighted by Gasteiger charge is 2.22. The molecule has 0 atom stereocenters. The van der Waals surface area contributed by atoms with Gasteiger partial charge in [0.25, 0.3) is 0 Å². The normalized spacial score (nSPS) is 11.5. The molecule has 174 valence electrons. The molecule has 0 aliphatic rings. The first-order chi connectivity index (χ1) is 17.1. The van der Waals surface area contributed by atoms with Crippen molar-refractivity contribution in [2.24, 2.45) is 0 Å². The average Bonchev–Trinajstić information content (AvgIpc) is 3.58. The topological polar surface area (TPSA) is 122 Å². The standard InChI is InChI=1S/C25H18N4O6/c1-32-18-9-10-20-17(12-23(30)35-22(20)14-18)15-34-25(31)21(13-19-8-5-11-33-19)29-24(26-27-28-29)16-6-3-2-4-7-16/h2-14H,15H2,1H3/b21-13-. The number of aromatic nitrogens is 4. The summed E-state index contributed by atoms with van der Waals surface area (Å²) in [4.78, 5) is 25.4. The third-order valence-electron chi connectivity index (χ3n) is 5.16. The van der Waals surface area contributed by atoms with E-state index < -0.39 is 11.6 Å². The van der Waals surface area contributed by atoms with Crippen molar-refractivity contribution in [2.45, 2.75) is 6.61 Å². The summed E-state index contributed by atoms with van der Waals surface area (Å²) in [5.41, 5.74) is 0.953. The molecule has 0 aliphatic heterocycles. The predicted molar refractivity (Wildman–Crippen MR) is 125 cm³/mol. The van der Waals surface area contributed by atoms with Crippen LogP contribution >= 0.6 is 0 Å². The van der Waals surface area contributed by atoms with Crippen molar-refractivity contribution in [3.63, 3.8) is 0 Å². The number of hydrogen-bond donors (Lipinski definition) is 0. The van der Waals surface area contributed by atoms with Crippen LogP contribution in [-0.4, -0.2) is 33.3 Å². The molecule has 0 saturated heterocycles. The van der Waals surface area contributed by atoms with Crippen molar-refractivity contribution in [3.8, 4) is 17.1 Å². The van der Waals surface area contributed by atoms with Crippen molar-refractivity contribution in [1.82, 2.24) is 20.2 Å². The van der Waals surface area contributed by atoms with Gasteiger partial charge in [0.1, 0.15) is 23.7 Å². The molecule has 0 saturated carbocycles. The zero-order valence-corrected chi connectivity index (χ0v) is 18.5. The van der Waals surface area contributed by atoms with Gasteiger partial charge < -0.3 is 18.3 Å². The number of carbonyl (C=O) groups excluding carboxylic acids is 1. The number of methoxy groups -OCH3 is 1. The monoisotopic (exact) mass is 470 g/mol. The predicted octanol–water partition coefficient (Wildman–Crippen LogP) is 3.79. The van der Waals surface area contributed by atoms with E-state index in [0.29, 0.717) is 39.4 Å². The molecule has 0 bridgehead atoms. The maximum atomic E-state index is 13.3. The molecule has 10 nitrogen and oxygen atoms in total. The van der Waals surface area contributed by atoms with E-state index in [-0.39, 0.29) is 12.3 Å². The maximum Gasteiger partial charge on any atom is 0.357 e. The van der Waals surface area contributed by atoms with Crippen molar-refractivity contribution < 1.29 is 23.1 Å². The summed E-state index contributed by atoms with van der Waals surface area (Å²) >= 11 is 0. The number of carbonyl (C=O) groups is 1. The maximum absolute atomic E-state index is 13.3. The highest BCUT2D eigenvalue weighted by atomic mass is 16.5. The van der Waals surface area contributed by atoms with Gasteiger partial charge in [0.2, 0.25) is 0 Å². The van der Waals surface area contributed by atoms with Crippen LogP contribution in [0, 0.1) is 0 Å². The minimum Gasteiger partial charge on any atom is -0.497 e. The Balaban J connectivity index is 1.49. The van der Waals surface area contributed by atoms with Crippen LogP contribution in [0.3, 0.4) is 0 Å². The molecule has 10 heteroatoms. The SMILES string of the molecule is COc1ccc2c(COC(=O)/C(=C/c3ccco3)n3nnnc3-c3ccccc3)cc(=O)oc2c1. The van der Waals surface area contributed by atoms with Crippen LogP contribution in [0.25, 0.3) is 34.1 Å². The van der Waals surface area contributed by atoms with Gasteiger partial charge >= 0.3 is 11.6 Å². The molecule has 3 heterocycles. The summed E-state index contributed by atoms with van der Waals surface area (Å²) in [6.45, 7) is -0.189. The second-order valence-electron chi connectivity index (χ2n) is 7.35. The number of hydrogen-bond acceptors (Lipinski definition) is 9. The van der Waals surface area contributed by atoms with Crippen molar-refractivity contribution in [3.05, 3.63) is 94.7 Å². The number of benzene rings is 2. The van der Waals surface area contributed by atoms with E-state index in [1.54, 1.807) is 30.3 Å². The minimum atomic E-state index is -0.721. The largest absolute Gasteiger partial charge is 0.497 e. The number of fused-ring (bicyclic) bond motifs is 1. The second kappa shape index (κ2) is 9.48. The molecule has 35 heavy (non-hydrogen) atoms. The minimum absolute atomic E-state index is 0.0257. The lowest BCUT2D eigenvalue weighted by Gasteiger charge is -2.11. The molecule has 0 amide bonds. The van der Waals surface area contributed by atoms with Gasteiger partial charge in [-0.1, -0.05) is 30.3 Å². The van der Waals surface area contributed by atoms with E-state index in [2.05, 4.69) is 15.5 Å². The Morgan fingerprint density at radius 3 is 2.71 bits per heavy atom. The molecule has 3 aromatic heterocycles. The van der Waals surface area contributed by atoms with Crippen molar-refractivity contribution in [2.75, 3.05) is 7.11 Å². The number of furan rings is 1. The molecule has 0 spiro atoms. The Morgan fingerprint density at radius 2 is 1.94 bits per heavy atom. The zero-order chi connectivity index (χ0) is 24.2. The van der Waals surface area contributed by atoms with Crippen LogP contribution in [0.1, 0.15) is 11.3 Å². The first-order valence-corrected chi connectivity index (χ1v) is 10.5. The van der Waals surface area contributed by atoms with Gasteiger partial charge in [-0.2, -0.15) is 4.68 Å². The number of rotatable bonds is 7. The molecule has 0 aliphatic carbocycles. The lowest BCUT2D eigenvalue weighted by molar-refractivity contribution is -0.138. The van der Waals surface area contributed by atoms with Crippen LogP contribution in [0.4, 0.5) is 0 Å². The van der Waals surface area contributed by atoms with Crippen LogP contribution in [-0.2, 0) is 16.1 Å². The van der Waals surface area contributed by atoms with E-state index >= 15 is 0 Å². The van der Waals surface area contributed by atoms with Crippen LogP contribution in [0.2, 0.25) is 0 Å². The average molecular weight is 470 g/mol. The Kier molecular flexibility index (Phi) is 5.91. The van der Waals surface area contributed by atoms with Crippen LogP contribution < -0.4 is 10.4 Å². The van der Waals surface area contributed by atoms with E-state index in [9.17, 15) is 9.59 Å². The first kappa shape index (κ1) is 21.8. The molecule has 0 unspecified atom stereocenters. The highest BCUT2D eigenvalue weighted by Crippen LogP contribution is 2.25. The summed E-state index contributed by atoms with van der Waals surface area (Å²) in [7, 11) is 1.51. The summed E-state index contributed by atoms with van der Waals surface area (Å²) in [5, 5.41) is 12.4. The number of tetrazole rings is 1. The van der Waals surface area contributed by atoms with Gasteiger partial charge in [-0.3, -0.25) is 0 Å². The van der Waals surface area contributed by atoms with E-state index in [1.165, 1.54) is 30.2 Å². The molecular formula is C25H18N4O6. The van der Waals surface area contributed by atoms with E-state index in [1.807, 2.05) is 30.3 Å². The summed E-state index contributed by atoms with van der Waals surface area (Å²) in [6, 6.07) is 18.9. The molecule has 5 rings (SSSR count). The Morgan fingerprint density at radius 1 is 1.09 bits per heavy atom. The Bertz CT molecular complexity index is 1570. The van der Waals surface area contributed by atoms with Gasteiger partial charge in [0.15, 0.2) is 11.5 Å². The van der Waals surface area contributed by atoms with Gasteiger partial charge in [-0.25, -0.2) is 9.59 Å². The van der Waals surface area contributed by atoms with Crippen LogP contribution in [0.5, 0.6) is 5.75 Å². The lowest BCUT2D eigenvalue weighted by Crippen LogP contribution is -2.15. The fraction of sp³-hybridized carbons (Fsp3) is 0.0800. The van der Waals surface area contributed by atoms with Gasteiger partial charge in [-0.05, 0) is 34.7 Å². The Hall–Kier alpha value is -4.99. The fourth-order valence-electron chi connectivity index (χ4n) is 3.51. The Labute approximate surface area is 198 Å². The zero-order valence-electron chi connectivity index (χ0n) is 18.5. The quantitative estimate of drug-likeness (QED) is 0.199. The number of esters is 1. The summed E-state index contributed by atoms with van der Waals surface area (Å²) < 4.78 is 22.7. The van der Waals surface area contributed by atoms with Crippen molar-refractivity contribution in [1.29, 1.82) is 0 Å². The fourth-order valence-corrected chi connectivity index (χ4v) is 3.51. The summed E-state index contributed by atoms with van der Waals surface area (Å²) in [6.07, 6.45) is 2.96. The third kappa shape index (κ3) is 4.58. The van der Waals surface area contributed by atoms with E-state index in [0.717, 1.165) is 0 Å². The smallest absolute Gasteiger partial charge is 0.357 e. The van der Waals surface area contributed by atoms with Gasteiger partial charge in [-0.15, -0.1) is 5.10 Å². The third-order valence-corrected chi connectivity index (χ3v) is 5.16. The molecule has 5 aromatic rings. The molecule has 0 fully saturated rings. The number of ether oxygens (including phenoxy) is 2. The van der Waals surface area contributed by atoms with E-state index in [4.69, 9.17) is 18.3 Å². The molecule has 0 N–H and O–H groups in total. The van der Waals surface area contributed by atoms with Gasteiger partial charge in [0, 0.05) is 34.7 Å².